The molecule has 0 unspecified atom stereocenters. The Balaban J connectivity index is 1.58. The van der Waals surface area contributed by atoms with E-state index in [1.54, 1.807) is 6.07 Å². The maximum absolute atomic E-state index is 14.0. The smallest absolute Gasteiger partial charge is 0.311 e. The highest BCUT2D eigenvalue weighted by atomic mass is 19.1. The van der Waals surface area contributed by atoms with E-state index in [-0.39, 0.29) is 24.6 Å². The Morgan fingerprint density at radius 3 is 2.40 bits per heavy atom. The van der Waals surface area contributed by atoms with E-state index in [1.807, 2.05) is 32.0 Å². The Hall–Kier alpha value is -3.22. The summed E-state index contributed by atoms with van der Waals surface area (Å²) in [7, 11) is 0. The molecule has 2 aromatic rings. The van der Waals surface area contributed by atoms with Gasteiger partial charge in [-0.25, -0.2) is 4.39 Å². The van der Waals surface area contributed by atoms with Crippen LogP contribution in [0.3, 0.4) is 0 Å². The summed E-state index contributed by atoms with van der Waals surface area (Å²) in [5.74, 6) is -2.69. The quantitative estimate of drug-likeness (QED) is 0.707. The molecule has 1 atom stereocenters. The van der Waals surface area contributed by atoms with Gasteiger partial charge in [0, 0.05) is 18.7 Å². The molecule has 6 nitrogen and oxygen atoms in total. The minimum absolute atomic E-state index is 0.0267. The number of nitrogens with zero attached hydrogens (tertiary/aromatic N) is 1. The van der Waals surface area contributed by atoms with E-state index in [0.717, 1.165) is 29.7 Å². The molecule has 1 N–H and O–H groups in total. The van der Waals surface area contributed by atoms with Gasteiger partial charge in [0.1, 0.15) is 5.82 Å². The van der Waals surface area contributed by atoms with Gasteiger partial charge >= 0.3 is 5.97 Å². The zero-order valence-electron chi connectivity index (χ0n) is 17.1. The van der Waals surface area contributed by atoms with Gasteiger partial charge in [-0.3, -0.25) is 14.4 Å². The summed E-state index contributed by atoms with van der Waals surface area (Å²) < 4.78 is 19.1. The van der Waals surface area contributed by atoms with Crippen molar-refractivity contribution in [3.8, 4) is 0 Å². The second kappa shape index (κ2) is 9.52. The third kappa shape index (κ3) is 4.67. The molecule has 1 heterocycles. The van der Waals surface area contributed by atoms with Crippen LogP contribution in [0.5, 0.6) is 0 Å². The number of aryl methyl sites for hydroxylation is 2. The Morgan fingerprint density at radius 2 is 1.77 bits per heavy atom. The number of anilines is 2. The Bertz CT molecular complexity index is 938. The van der Waals surface area contributed by atoms with Gasteiger partial charge in [0.25, 0.3) is 5.91 Å². The molecule has 0 aliphatic carbocycles. The number of para-hydroxylation sites is 2. The van der Waals surface area contributed by atoms with Crippen molar-refractivity contribution in [3.05, 3.63) is 59.4 Å². The molecule has 1 aliphatic rings. The van der Waals surface area contributed by atoms with E-state index >= 15 is 0 Å². The first-order valence-electron chi connectivity index (χ1n) is 10.1. The molecule has 0 bridgehead atoms. The standard InChI is InChI=1S/C23H25FN2O4/c1-3-15-8-7-9-16(4-2)22(15)25-20(27)14-30-23(29)17-12-21(28)26(13-17)19-11-6-5-10-18(19)24/h5-11,17H,3-4,12-14H2,1-2H3,(H,25,27)/t17-/m1/s1. The molecular weight excluding hydrogens is 387 g/mol. The molecule has 0 aromatic heterocycles. The van der Waals surface area contributed by atoms with Gasteiger partial charge in [-0.2, -0.15) is 0 Å². The molecule has 158 valence electrons. The number of carbonyl (C=O) groups excluding carboxylic acids is 3. The number of hydrogen-bond acceptors (Lipinski definition) is 4. The van der Waals surface area contributed by atoms with Crippen molar-refractivity contribution in [1.29, 1.82) is 0 Å². The summed E-state index contributed by atoms with van der Waals surface area (Å²) in [6.07, 6.45) is 1.45. The molecule has 30 heavy (non-hydrogen) atoms. The zero-order valence-corrected chi connectivity index (χ0v) is 17.1. The fourth-order valence-corrected chi connectivity index (χ4v) is 3.60. The molecule has 1 aliphatic heterocycles. The molecule has 0 saturated carbocycles. The van der Waals surface area contributed by atoms with E-state index < -0.39 is 30.2 Å². The number of rotatable bonds is 7. The topological polar surface area (TPSA) is 75.7 Å². The van der Waals surface area contributed by atoms with E-state index in [2.05, 4.69) is 5.32 Å². The number of nitrogens with one attached hydrogen (secondary N) is 1. The second-order valence-electron chi connectivity index (χ2n) is 7.17. The third-order valence-electron chi connectivity index (χ3n) is 5.21. The SMILES string of the molecule is CCc1cccc(CC)c1NC(=O)COC(=O)[C@@H]1CC(=O)N(c2ccccc2F)C1. The number of ether oxygens (including phenoxy) is 1. The normalized spacial score (nSPS) is 15.9. The molecule has 0 radical (unpaired) electrons. The van der Waals surface area contributed by atoms with Crippen LogP contribution in [0.15, 0.2) is 42.5 Å². The number of hydrogen-bond donors (Lipinski definition) is 1. The average molecular weight is 412 g/mol. The van der Waals surface area contributed by atoms with Crippen molar-refractivity contribution in [1.82, 2.24) is 0 Å². The van der Waals surface area contributed by atoms with Gasteiger partial charge in [0.2, 0.25) is 5.91 Å². The third-order valence-corrected chi connectivity index (χ3v) is 5.21. The second-order valence-corrected chi connectivity index (χ2v) is 7.17. The highest BCUT2D eigenvalue weighted by molar-refractivity contribution is 6.00. The van der Waals surface area contributed by atoms with E-state index in [1.165, 1.54) is 23.1 Å². The minimum Gasteiger partial charge on any atom is -0.455 e. The largest absolute Gasteiger partial charge is 0.455 e. The predicted octanol–water partition coefficient (Wildman–Crippen LogP) is 3.49. The Labute approximate surface area is 175 Å². The van der Waals surface area contributed by atoms with Crippen LogP contribution in [0.4, 0.5) is 15.8 Å². The fourth-order valence-electron chi connectivity index (χ4n) is 3.60. The summed E-state index contributed by atoms with van der Waals surface area (Å²) >= 11 is 0. The van der Waals surface area contributed by atoms with Crippen molar-refractivity contribution >= 4 is 29.2 Å². The molecule has 7 heteroatoms. The van der Waals surface area contributed by atoms with Crippen LogP contribution in [-0.2, 0) is 32.0 Å². The number of halogens is 1. The summed E-state index contributed by atoms with van der Waals surface area (Å²) in [6.45, 7) is 3.59. The predicted molar refractivity (Wildman–Crippen MR) is 112 cm³/mol. The van der Waals surface area contributed by atoms with E-state index in [0.29, 0.717) is 0 Å². The first-order valence-corrected chi connectivity index (χ1v) is 10.1. The summed E-state index contributed by atoms with van der Waals surface area (Å²) in [6, 6.07) is 11.8. The first-order chi connectivity index (χ1) is 14.4. The molecule has 1 fully saturated rings. The minimum atomic E-state index is -0.737. The van der Waals surface area contributed by atoms with E-state index in [9.17, 15) is 18.8 Å². The Kier molecular flexibility index (Phi) is 6.82. The average Bonchev–Trinajstić information content (AvgIpc) is 3.14. The van der Waals surface area contributed by atoms with Gasteiger partial charge in [-0.1, -0.05) is 44.2 Å². The van der Waals surface area contributed by atoms with Crippen LogP contribution in [0.2, 0.25) is 0 Å². The summed E-state index contributed by atoms with van der Waals surface area (Å²) in [4.78, 5) is 38.2. The monoisotopic (exact) mass is 412 g/mol. The van der Waals surface area contributed by atoms with Gasteiger partial charge < -0.3 is 15.0 Å². The van der Waals surface area contributed by atoms with Crippen molar-refractivity contribution in [3.63, 3.8) is 0 Å². The van der Waals surface area contributed by atoms with Crippen LogP contribution in [0.25, 0.3) is 0 Å². The maximum Gasteiger partial charge on any atom is 0.311 e. The number of esters is 1. The van der Waals surface area contributed by atoms with Crippen LogP contribution < -0.4 is 10.2 Å². The lowest BCUT2D eigenvalue weighted by molar-refractivity contribution is -0.151. The van der Waals surface area contributed by atoms with Crippen LogP contribution >= 0.6 is 0 Å². The fraction of sp³-hybridized carbons (Fsp3) is 0.348. The summed E-state index contributed by atoms with van der Waals surface area (Å²) in [5, 5.41) is 2.83. The molecule has 1 saturated heterocycles. The highest BCUT2D eigenvalue weighted by Crippen LogP contribution is 2.28. The molecule has 0 spiro atoms. The van der Waals surface area contributed by atoms with Crippen molar-refractivity contribution in [2.24, 2.45) is 5.92 Å². The highest BCUT2D eigenvalue weighted by Gasteiger charge is 2.37. The number of amides is 2. The van der Waals surface area contributed by atoms with Crippen LogP contribution in [0.1, 0.15) is 31.4 Å². The molecular formula is C23H25FN2O4. The van der Waals surface area contributed by atoms with Crippen molar-refractivity contribution in [2.45, 2.75) is 33.1 Å². The summed E-state index contributed by atoms with van der Waals surface area (Å²) in [5.41, 5.74) is 2.91. The Morgan fingerprint density at radius 1 is 1.10 bits per heavy atom. The lowest BCUT2D eigenvalue weighted by Gasteiger charge is -2.17. The van der Waals surface area contributed by atoms with Gasteiger partial charge in [-0.05, 0) is 36.1 Å². The lowest BCUT2D eigenvalue weighted by Crippen LogP contribution is -2.28. The molecule has 2 amide bonds. The zero-order chi connectivity index (χ0) is 21.7. The van der Waals surface area contributed by atoms with Crippen molar-refractivity contribution < 1.29 is 23.5 Å². The van der Waals surface area contributed by atoms with E-state index in [4.69, 9.17) is 4.74 Å². The maximum atomic E-state index is 14.0. The van der Waals surface area contributed by atoms with Crippen molar-refractivity contribution in [2.75, 3.05) is 23.4 Å². The van der Waals surface area contributed by atoms with Gasteiger partial charge in [0.15, 0.2) is 6.61 Å². The number of carbonyl (C=O) groups is 3. The first kappa shape index (κ1) is 21.5. The van der Waals surface area contributed by atoms with Crippen LogP contribution in [0, 0.1) is 11.7 Å². The van der Waals surface area contributed by atoms with Crippen LogP contribution in [-0.4, -0.2) is 30.9 Å². The number of benzene rings is 2. The molecule has 3 rings (SSSR count). The van der Waals surface area contributed by atoms with Gasteiger partial charge in [-0.15, -0.1) is 0 Å². The molecule has 2 aromatic carbocycles. The lowest BCUT2D eigenvalue weighted by atomic mass is 10.0. The van der Waals surface area contributed by atoms with Gasteiger partial charge in [0.05, 0.1) is 11.6 Å².